The summed E-state index contributed by atoms with van der Waals surface area (Å²) in [6, 6.07) is 5.02. The Balaban J connectivity index is 1.89. The van der Waals surface area contributed by atoms with Crippen LogP contribution in [0.1, 0.15) is 19.3 Å². The van der Waals surface area contributed by atoms with Crippen molar-refractivity contribution in [3.8, 4) is 5.75 Å². The number of ether oxygens (including phenoxy) is 1. The number of anilines is 1. The van der Waals surface area contributed by atoms with Gasteiger partial charge in [0.25, 0.3) is 5.91 Å². The highest BCUT2D eigenvalue weighted by atomic mass is 32.1. The molecule has 22 heavy (non-hydrogen) atoms. The summed E-state index contributed by atoms with van der Waals surface area (Å²) in [6.45, 7) is 0.699. The molecule has 2 aliphatic heterocycles. The van der Waals surface area contributed by atoms with Crippen molar-refractivity contribution in [2.45, 2.75) is 31.7 Å². The number of hydrogen-bond donors (Lipinski definition) is 0. The molecule has 1 atom stereocenters. The molecule has 0 aromatic heterocycles. The van der Waals surface area contributed by atoms with Crippen LogP contribution in [0, 0.1) is 0 Å². The third-order valence-corrected chi connectivity index (χ3v) is 4.17. The van der Waals surface area contributed by atoms with Gasteiger partial charge < -0.3 is 9.64 Å². The lowest BCUT2D eigenvalue weighted by Crippen LogP contribution is -2.38. The molecule has 2 aliphatic rings. The number of thiocarbonyl (C=S) groups is 1. The van der Waals surface area contributed by atoms with Crippen LogP contribution in [0.25, 0.3) is 0 Å². The topological polar surface area (TPSA) is 32.8 Å². The number of carbonyl (C=O) groups excluding carboxylic acids is 1. The molecule has 0 spiro atoms. The molecule has 0 bridgehead atoms. The van der Waals surface area contributed by atoms with Gasteiger partial charge in [0, 0.05) is 12.6 Å². The number of piperidine rings is 1. The van der Waals surface area contributed by atoms with Crippen LogP contribution in [-0.4, -0.2) is 34.9 Å². The summed E-state index contributed by atoms with van der Waals surface area (Å²) in [7, 11) is 0. The van der Waals surface area contributed by atoms with Crippen molar-refractivity contribution in [3.05, 3.63) is 24.3 Å². The van der Waals surface area contributed by atoms with Crippen LogP contribution in [0.15, 0.2) is 24.3 Å². The Morgan fingerprint density at radius 3 is 2.73 bits per heavy atom. The van der Waals surface area contributed by atoms with E-state index < -0.39 is 6.36 Å². The highest BCUT2D eigenvalue weighted by molar-refractivity contribution is 7.80. The van der Waals surface area contributed by atoms with Gasteiger partial charge in [0.05, 0.1) is 5.69 Å². The molecule has 0 aliphatic carbocycles. The van der Waals surface area contributed by atoms with Crippen LogP contribution in [0.5, 0.6) is 5.75 Å². The first-order chi connectivity index (χ1) is 10.4. The van der Waals surface area contributed by atoms with E-state index >= 15 is 0 Å². The Morgan fingerprint density at radius 1 is 1.27 bits per heavy atom. The Labute approximate surface area is 130 Å². The number of halogens is 3. The molecule has 4 nitrogen and oxygen atoms in total. The molecule has 2 saturated heterocycles. The van der Waals surface area contributed by atoms with Gasteiger partial charge in [0.15, 0.2) is 5.11 Å². The van der Waals surface area contributed by atoms with Crippen molar-refractivity contribution in [1.29, 1.82) is 0 Å². The van der Waals surface area contributed by atoms with Crippen LogP contribution in [-0.2, 0) is 4.79 Å². The van der Waals surface area contributed by atoms with Gasteiger partial charge in [-0.05, 0) is 43.6 Å². The van der Waals surface area contributed by atoms with Gasteiger partial charge in [0.2, 0.25) is 0 Å². The molecule has 0 radical (unpaired) electrons. The van der Waals surface area contributed by atoms with Gasteiger partial charge in [-0.3, -0.25) is 9.69 Å². The summed E-state index contributed by atoms with van der Waals surface area (Å²) in [5.41, 5.74) is 0.297. The second-order valence-electron chi connectivity index (χ2n) is 5.21. The summed E-state index contributed by atoms with van der Waals surface area (Å²) < 4.78 is 40.8. The minimum Gasteiger partial charge on any atom is -0.406 e. The summed E-state index contributed by atoms with van der Waals surface area (Å²) in [4.78, 5) is 15.6. The molecule has 1 aromatic rings. The van der Waals surface area contributed by atoms with Crippen molar-refractivity contribution in [2.24, 2.45) is 0 Å². The smallest absolute Gasteiger partial charge is 0.406 e. The molecule has 0 saturated carbocycles. The van der Waals surface area contributed by atoms with Crippen LogP contribution in [0.4, 0.5) is 18.9 Å². The molecule has 2 fully saturated rings. The number of alkyl halides is 3. The van der Waals surface area contributed by atoms with E-state index in [0.29, 0.717) is 23.8 Å². The van der Waals surface area contributed by atoms with Crippen molar-refractivity contribution in [2.75, 3.05) is 11.4 Å². The first-order valence-electron chi connectivity index (χ1n) is 6.87. The fourth-order valence-corrected chi connectivity index (χ4v) is 3.26. The summed E-state index contributed by atoms with van der Waals surface area (Å²) in [5.74, 6) is -0.556. The van der Waals surface area contributed by atoms with Crippen molar-refractivity contribution in [3.63, 3.8) is 0 Å². The lowest BCUT2D eigenvalue weighted by Gasteiger charge is -2.27. The van der Waals surface area contributed by atoms with Crippen LogP contribution in [0.2, 0.25) is 0 Å². The number of benzene rings is 1. The minimum absolute atomic E-state index is 0.186. The first-order valence-corrected chi connectivity index (χ1v) is 7.28. The monoisotopic (exact) mass is 330 g/mol. The van der Waals surface area contributed by atoms with Crippen LogP contribution < -0.4 is 9.64 Å². The van der Waals surface area contributed by atoms with Crippen molar-refractivity contribution in [1.82, 2.24) is 4.90 Å². The molecular weight excluding hydrogens is 317 g/mol. The Kier molecular flexibility index (Phi) is 3.72. The minimum atomic E-state index is -4.77. The number of rotatable bonds is 2. The van der Waals surface area contributed by atoms with Crippen molar-refractivity contribution >= 4 is 28.9 Å². The van der Waals surface area contributed by atoms with Gasteiger partial charge in [-0.2, -0.15) is 0 Å². The molecule has 1 amide bonds. The molecule has 3 rings (SSSR count). The second kappa shape index (κ2) is 5.42. The lowest BCUT2D eigenvalue weighted by atomic mass is 10.0. The predicted octanol–water partition coefficient (Wildman–Crippen LogP) is 3.07. The van der Waals surface area contributed by atoms with Gasteiger partial charge in [-0.25, -0.2) is 0 Å². The maximum Gasteiger partial charge on any atom is 0.573 e. The largest absolute Gasteiger partial charge is 0.573 e. The summed E-state index contributed by atoms with van der Waals surface area (Å²) in [5, 5.41) is 0.346. The molecule has 118 valence electrons. The lowest BCUT2D eigenvalue weighted by molar-refractivity contribution is -0.274. The van der Waals surface area contributed by atoms with Crippen LogP contribution in [0.3, 0.4) is 0 Å². The zero-order valence-corrected chi connectivity index (χ0v) is 12.3. The highest BCUT2D eigenvalue weighted by Crippen LogP contribution is 2.33. The summed E-state index contributed by atoms with van der Waals surface area (Å²) >= 11 is 5.32. The normalized spacial score (nSPS) is 22.0. The average molecular weight is 330 g/mol. The number of amides is 1. The van der Waals surface area contributed by atoms with E-state index in [1.165, 1.54) is 23.1 Å². The quantitative estimate of drug-likeness (QED) is 0.780. The van der Waals surface area contributed by atoms with E-state index in [9.17, 15) is 18.0 Å². The fraction of sp³-hybridized carbons (Fsp3) is 0.429. The SMILES string of the molecule is O=C1[C@@H]2CCCCN2C(=S)N1c1cccc(OC(F)(F)F)c1. The maximum absolute atomic E-state index is 12.5. The molecule has 0 unspecified atom stereocenters. The molecule has 8 heteroatoms. The second-order valence-corrected chi connectivity index (χ2v) is 5.57. The zero-order valence-electron chi connectivity index (χ0n) is 11.5. The summed E-state index contributed by atoms with van der Waals surface area (Å²) in [6.07, 6.45) is -2.16. The van der Waals surface area contributed by atoms with E-state index in [4.69, 9.17) is 12.2 Å². The predicted molar refractivity (Wildman–Crippen MR) is 77.6 cm³/mol. The Bertz CT molecular complexity index is 596. The number of carbonyl (C=O) groups is 1. The molecule has 2 heterocycles. The third-order valence-electron chi connectivity index (χ3n) is 3.75. The first kappa shape index (κ1) is 15.1. The maximum atomic E-state index is 12.5. The van der Waals surface area contributed by atoms with Gasteiger partial charge in [-0.15, -0.1) is 13.2 Å². The zero-order chi connectivity index (χ0) is 15.9. The van der Waals surface area contributed by atoms with Gasteiger partial charge in [0.1, 0.15) is 11.8 Å². The average Bonchev–Trinajstić information content (AvgIpc) is 2.70. The van der Waals surface area contributed by atoms with Crippen molar-refractivity contribution < 1.29 is 22.7 Å². The number of nitrogens with zero attached hydrogens (tertiary/aromatic N) is 2. The number of fused-ring (bicyclic) bond motifs is 1. The van der Waals surface area contributed by atoms with E-state index in [-0.39, 0.29) is 17.7 Å². The Morgan fingerprint density at radius 2 is 2.05 bits per heavy atom. The molecule has 1 aromatic carbocycles. The van der Waals surface area contributed by atoms with E-state index in [1.807, 2.05) is 4.90 Å². The molecular formula is C14H13F3N2O2S. The van der Waals surface area contributed by atoms with Gasteiger partial charge >= 0.3 is 6.36 Å². The van der Waals surface area contributed by atoms with Crippen LogP contribution >= 0.6 is 12.2 Å². The number of hydrogen-bond acceptors (Lipinski definition) is 3. The van der Waals surface area contributed by atoms with E-state index in [1.54, 1.807) is 6.07 Å². The third kappa shape index (κ3) is 2.75. The Hall–Kier alpha value is -1.83. The van der Waals surface area contributed by atoms with E-state index in [2.05, 4.69) is 4.74 Å². The van der Waals surface area contributed by atoms with E-state index in [0.717, 1.165) is 12.8 Å². The standard InChI is InChI=1S/C14H13F3N2O2S/c15-14(16,17)21-10-5-3-4-9(8-10)19-12(20)11-6-1-2-7-18(11)13(19)22/h3-5,8,11H,1-2,6-7H2/t11-/m0/s1. The molecule has 0 N–H and O–H groups in total. The fourth-order valence-electron chi connectivity index (χ4n) is 2.85. The van der Waals surface area contributed by atoms with Gasteiger partial charge in [-0.1, -0.05) is 6.07 Å². The highest BCUT2D eigenvalue weighted by Gasteiger charge is 2.44.